The van der Waals surface area contributed by atoms with E-state index in [1.165, 1.54) is 6.07 Å². The van der Waals surface area contributed by atoms with Crippen molar-refractivity contribution < 1.29 is 4.39 Å². The van der Waals surface area contributed by atoms with E-state index in [4.69, 9.17) is 0 Å². The third kappa shape index (κ3) is 3.44. The normalized spacial score (nSPS) is 18.5. The highest BCUT2D eigenvalue weighted by Crippen LogP contribution is 2.21. The van der Waals surface area contributed by atoms with Gasteiger partial charge in [0, 0.05) is 12.6 Å². The maximum Gasteiger partial charge on any atom is 0.137 e. The van der Waals surface area contributed by atoms with Crippen LogP contribution in [0.2, 0.25) is 0 Å². The molecular formula is C10H15BrFN5. The molecule has 1 heterocycles. The summed E-state index contributed by atoms with van der Waals surface area (Å²) >= 11 is 3.18. The van der Waals surface area contributed by atoms with Crippen molar-refractivity contribution in [2.24, 2.45) is 0 Å². The lowest BCUT2D eigenvalue weighted by molar-refractivity contribution is 0.448. The van der Waals surface area contributed by atoms with Gasteiger partial charge in [0.1, 0.15) is 5.82 Å². The monoisotopic (exact) mass is 303 g/mol. The van der Waals surface area contributed by atoms with Gasteiger partial charge in [-0.05, 0) is 40.5 Å². The molecule has 0 bridgehead atoms. The molecule has 0 aliphatic carbocycles. The minimum Gasteiger partial charge on any atom is -0.307 e. The first-order valence-electron chi connectivity index (χ1n) is 5.36. The average molecular weight is 304 g/mol. The Morgan fingerprint density at radius 1 is 1.41 bits per heavy atom. The lowest BCUT2D eigenvalue weighted by Gasteiger charge is -2.17. The lowest BCUT2D eigenvalue weighted by Crippen LogP contribution is -2.43. The van der Waals surface area contributed by atoms with Crippen molar-refractivity contribution in [3.63, 3.8) is 0 Å². The van der Waals surface area contributed by atoms with Gasteiger partial charge < -0.3 is 5.32 Å². The highest BCUT2D eigenvalue weighted by molar-refractivity contribution is 9.10. The Labute approximate surface area is 108 Å². The Bertz CT molecular complexity index is 383. The molecule has 1 aromatic rings. The smallest absolute Gasteiger partial charge is 0.137 e. The van der Waals surface area contributed by atoms with Crippen molar-refractivity contribution >= 4 is 15.9 Å². The average Bonchev–Trinajstić information content (AvgIpc) is 2.82. The molecule has 1 aliphatic rings. The Hall–Kier alpha value is -0.570. The summed E-state index contributed by atoms with van der Waals surface area (Å²) in [5.74, 6) is -0.242. The van der Waals surface area contributed by atoms with Crippen LogP contribution in [0.3, 0.4) is 0 Å². The fraction of sp³-hybridized carbons (Fsp3) is 0.400. The number of hydrazine groups is 3. The summed E-state index contributed by atoms with van der Waals surface area (Å²) in [5, 5.41) is 3.34. The molecule has 5 nitrogen and oxygen atoms in total. The topological polar surface area (TPSA) is 60.1 Å². The second kappa shape index (κ2) is 5.85. The molecule has 5 N–H and O–H groups in total. The Morgan fingerprint density at radius 3 is 2.76 bits per heavy atom. The molecular weight excluding hydrogens is 289 g/mol. The molecule has 1 fully saturated rings. The van der Waals surface area contributed by atoms with Crippen molar-refractivity contribution in [3.8, 4) is 0 Å². The van der Waals surface area contributed by atoms with Gasteiger partial charge >= 0.3 is 0 Å². The first-order chi connectivity index (χ1) is 8.16. The summed E-state index contributed by atoms with van der Waals surface area (Å²) in [6.07, 6.45) is 0.112. The number of nitrogens with one attached hydrogen (secondary N) is 5. The zero-order valence-electron chi connectivity index (χ0n) is 9.35. The van der Waals surface area contributed by atoms with Crippen LogP contribution < -0.4 is 27.2 Å². The fourth-order valence-corrected chi connectivity index (χ4v) is 1.98. The van der Waals surface area contributed by atoms with Gasteiger partial charge in [-0.25, -0.2) is 15.2 Å². The van der Waals surface area contributed by atoms with Crippen LogP contribution >= 0.6 is 15.9 Å². The predicted molar refractivity (Wildman–Crippen MR) is 66.8 cm³/mol. The molecule has 0 spiro atoms. The summed E-state index contributed by atoms with van der Waals surface area (Å²) in [6, 6.07) is 5.19. The second-order valence-electron chi connectivity index (χ2n) is 3.89. The second-order valence-corrected chi connectivity index (χ2v) is 4.75. The fourth-order valence-electron chi connectivity index (χ4n) is 1.58. The Balaban J connectivity index is 1.89. The number of halogens is 2. The van der Waals surface area contributed by atoms with E-state index in [0.29, 0.717) is 4.47 Å². The molecule has 1 aromatic carbocycles. The van der Waals surface area contributed by atoms with Crippen LogP contribution in [0.5, 0.6) is 0 Å². The van der Waals surface area contributed by atoms with Gasteiger partial charge in [-0.3, -0.25) is 0 Å². The summed E-state index contributed by atoms with van der Waals surface area (Å²) in [7, 11) is 0. The van der Waals surface area contributed by atoms with Crippen LogP contribution in [0.15, 0.2) is 22.7 Å². The molecule has 1 unspecified atom stereocenters. The summed E-state index contributed by atoms with van der Waals surface area (Å²) in [4.78, 5) is 0. The standard InChI is InChI=1S/C10H15BrFN5/c1-6(13-5-10-14-16-17-15-10)7-2-3-9(12)8(11)4-7/h2-4,6,10,13-17H,5H2,1H3. The Kier molecular flexibility index (Phi) is 4.43. The SMILES string of the molecule is CC(NCC1NNNN1)c1ccc(F)c(Br)c1. The third-order valence-electron chi connectivity index (χ3n) is 2.63. The van der Waals surface area contributed by atoms with Gasteiger partial charge in [0.2, 0.25) is 0 Å². The van der Waals surface area contributed by atoms with Gasteiger partial charge in [0.15, 0.2) is 0 Å². The van der Waals surface area contributed by atoms with Crippen molar-refractivity contribution in [3.05, 3.63) is 34.1 Å². The Morgan fingerprint density at radius 2 is 2.12 bits per heavy atom. The third-order valence-corrected chi connectivity index (χ3v) is 3.23. The molecule has 0 aromatic heterocycles. The maximum absolute atomic E-state index is 13.1. The van der Waals surface area contributed by atoms with Crippen molar-refractivity contribution in [1.29, 1.82) is 0 Å². The van der Waals surface area contributed by atoms with E-state index in [-0.39, 0.29) is 18.0 Å². The number of hydrogen-bond acceptors (Lipinski definition) is 5. The van der Waals surface area contributed by atoms with Gasteiger partial charge in [0.05, 0.1) is 10.6 Å². The van der Waals surface area contributed by atoms with E-state index in [1.54, 1.807) is 12.1 Å². The molecule has 0 saturated carbocycles. The minimum absolute atomic E-state index is 0.112. The van der Waals surface area contributed by atoms with E-state index < -0.39 is 0 Å². The first-order valence-corrected chi connectivity index (χ1v) is 6.15. The number of benzene rings is 1. The largest absolute Gasteiger partial charge is 0.307 e. The van der Waals surface area contributed by atoms with Gasteiger partial charge in [-0.15, -0.1) is 0 Å². The molecule has 17 heavy (non-hydrogen) atoms. The van der Waals surface area contributed by atoms with Crippen molar-refractivity contribution in [1.82, 2.24) is 27.2 Å². The van der Waals surface area contributed by atoms with Gasteiger partial charge in [-0.2, -0.15) is 11.1 Å². The number of rotatable bonds is 4. The van der Waals surface area contributed by atoms with Crippen molar-refractivity contribution in [2.45, 2.75) is 19.1 Å². The molecule has 94 valence electrons. The van der Waals surface area contributed by atoms with E-state index in [1.807, 2.05) is 6.92 Å². The zero-order chi connectivity index (χ0) is 12.3. The predicted octanol–water partition coefficient (Wildman–Crippen LogP) is 0.682. The number of hydrogen-bond donors (Lipinski definition) is 5. The minimum atomic E-state index is -0.242. The maximum atomic E-state index is 13.1. The van der Waals surface area contributed by atoms with Crippen LogP contribution in [-0.4, -0.2) is 12.7 Å². The first kappa shape index (κ1) is 12.9. The lowest BCUT2D eigenvalue weighted by atomic mass is 10.1. The van der Waals surface area contributed by atoms with Crippen LogP contribution in [0.4, 0.5) is 4.39 Å². The van der Waals surface area contributed by atoms with Crippen LogP contribution in [0.25, 0.3) is 0 Å². The molecule has 7 heteroatoms. The van der Waals surface area contributed by atoms with Crippen LogP contribution in [0, 0.1) is 5.82 Å². The summed E-state index contributed by atoms with van der Waals surface area (Å²) in [5.41, 5.74) is 12.5. The highest BCUT2D eigenvalue weighted by atomic mass is 79.9. The van der Waals surface area contributed by atoms with Crippen LogP contribution in [-0.2, 0) is 0 Å². The van der Waals surface area contributed by atoms with Crippen LogP contribution in [0.1, 0.15) is 18.5 Å². The van der Waals surface area contributed by atoms with Gasteiger partial charge in [-0.1, -0.05) is 6.07 Å². The van der Waals surface area contributed by atoms with E-state index >= 15 is 0 Å². The zero-order valence-corrected chi connectivity index (χ0v) is 10.9. The molecule has 0 radical (unpaired) electrons. The molecule has 1 saturated heterocycles. The van der Waals surface area contributed by atoms with Crippen molar-refractivity contribution in [2.75, 3.05) is 6.54 Å². The van der Waals surface area contributed by atoms with Gasteiger partial charge in [0.25, 0.3) is 0 Å². The summed E-state index contributed by atoms with van der Waals surface area (Å²) < 4.78 is 13.6. The van der Waals surface area contributed by atoms with E-state index in [9.17, 15) is 4.39 Å². The molecule has 1 aliphatic heterocycles. The molecule has 2 rings (SSSR count). The molecule has 1 atom stereocenters. The van der Waals surface area contributed by atoms with E-state index in [0.717, 1.165) is 12.1 Å². The molecule has 0 amide bonds. The summed E-state index contributed by atoms with van der Waals surface area (Å²) in [6.45, 7) is 2.77. The quantitative estimate of drug-likeness (QED) is 0.566. The highest BCUT2D eigenvalue weighted by Gasteiger charge is 2.14. The van der Waals surface area contributed by atoms with E-state index in [2.05, 4.69) is 43.2 Å².